The second kappa shape index (κ2) is 9.98. The molecule has 1 unspecified atom stereocenters. The number of nitrogens with two attached hydrogens (primary N) is 1. The first-order valence-electron chi connectivity index (χ1n) is 11.2. The van der Waals surface area contributed by atoms with Crippen molar-refractivity contribution in [1.29, 1.82) is 0 Å². The highest BCUT2D eigenvalue weighted by Crippen LogP contribution is 2.30. The van der Waals surface area contributed by atoms with Crippen LogP contribution in [0.3, 0.4) is 0 Å². The molecule has 3 rings (SSSR count). The van der Waals surface area contributed by atoms with Gasteiger partial charge in [-0.3, -0.25) is 14.3 Å². The molecule has 0 bridgehead atoms. The van der Waals surface area contributed by atoms with Gasteiger partial charge in [0.05, 0.1) is 11.3 Å². The van der Waals surface area contributed by atoms with Gasteiger partial charge < -0.3 is 16.0 Å². The maximum absolute atomic E-state index is 12.9. The monoisotopic (exact) mass is 481 g/mol. The number of carbonyl (C=O) groups is 2. The molecule has 0 radical (unpaired) electrons. The van der Waals surface area contributed by atoms with Gasteiger partial charge in [-0.2, -0.15) is 18.3 Å². The molecule has 2 aromatic heterocycles. The van der Waals surface area contributed by atoms with Crippen LogP contribution in [0.4, 0.5) is 19.0 Å². The lowest BCUT2D eigenvalue weighted by Gasteiger charge is -2.33. The molecule has 34 heavy (non-hydrogen) atoms. The van der Waals surface area contributed by atoms with Gasteiger partial charge in [-0.05, 0) is 52.4 Å². The summed E-state index contributed by atoms with van der Waals surface area (Å²) < 4.78 is 40.1. The minimum absolute atomic E-state index is 0.138. The van der Waals surface area contributed by atoms with Crippen LogP contribution in [0, 0.1) is 19.8 Å². The molecule has 3 heterocycles. The number of nitrogen functional groups attached to an aromatic ring is 1. The van der Waals surface area contributed by atoms with Crippen LogP contribution in [-0.4, -0.2) is 55.6 Å². The predicted octanol–water partition coefficient (Wildman–Crippen LogP) is 2.42. The van der Waals surface area contributed by atoms with Gasteiger partial charge in [-0.1, -0.05) is 0 Å². The summed E-state index contributed by atoms with van der Waals surface area (Å²) in [6.45, 7) is 6.00. The molecule has 0 aliphatic carbocycles. The number of alkyl halides is 3. The standard InChI is InChI=1S/C22H30F3N7O2/c1-12-16(18(26)29-21(28-12)22(23,24)25)6-5-15-7-9-32(10-8-15)20(34)14(3)27-19(33)17-11-31(4)30-13(17)2/h11,14-15H,5-10H2,1-4H3,(H,27,33)(H2,26,28,29). The fourth-order valence-electron chi connectivity index (χ4n) is 4.28. The van der Waals surface area contributed by atoms with E-state index in [9.17, 15) is 22.8 Å². The van der Waals surface area contributed by atoms with Crippen LogP contribution in [-0.2, 0) is 24.4 Å². The first kappa shape index (κ1) is 25.4. The quantitative estimate of drug-likeness (QED) is 0.654. The number of rotatable bonds is 6. The zero-order chi connectivity index (χ0) is 25.2. The molecule has 1 aliphatic heterocycles. The molecule has 186 valence electrons. The molecule has 0 aromatic carbocycles. The lowest BCUT2D eigenvalue weighted by atomic mass is 9.90. The Hall–Kier alpha value is -3.18. The van der Waals surface area contributed by atoms with E-state index in [4.69, 9.17) is 5.73 Å². The topological polar surface area (TPSA) is 119 Å². The number of amides is 2. The van der Waals surface area contributed by atoms with Crippen LogP contribution in [0.5, 0.6) is 0 Å². The molecule has 2 aromatic rings. The lowest BCUT2D eigenvalue weighted by molar-refractivity contribution is -0.145. The Morgan fingerprint density at radius 2 is 1.85 bits per heavy atom. The smallest absolute Gasteiger partial charge is 0.383 e. The van der Waals surface area contributed by atoms with E-state index in [0.29, 0.717) is 48.7 Å². The van der Waals surface area contributed by atoms with Gasteiger partial charge in [0.1, 0.15) is 11.9 Å². The summed E-state index contributed by atoms with van der Waals surface area (Å²) in [7, 11) is 1.72. The average Bonchev–Trinajstić information content (AvgIpc) is 3.10. The van der Waals surface area contributed by atoms with E-state index in [-0.39, 0.29) is 23.3 Å². The minimum atomic E-state index is -4.63. The first-order valence-corrected chi connectivity index (χ1v) is 11.2. The third kappa shape index (κ3) is 5.84. The van der Waals surface area contributed by atoms with Crippen molar-refractivity contribution in [2.75, 3.05) is 18.8 Å². The molecule has 1 fully saturated rings. The van der Waals surface area contributed by atoms with Crippen LogP contribution in [0.25, 0.3) is 0 Å². The van der Waals surface area contributed by atoms with Crippen molar-refractivity contribution in [1.82, 2.24) is 30.0 Å². The largest absolute Gasteiger partial charge is 0.451 e. The van der Waals surface area contributed by atoms with Crippen molar-refractivity contribution in [3.05, 3.63) is 34.5 Å². The Balaban J connectivity index is 1.50. The van der Waals surface area contributed by atoms with Gasteiger partial charge in [-0.15, -0.1) is 0 Å². The van der Waals surface area contributed by atoms with Gasteiger partial charge in [0.15, 0.2) is 0 Å². The number of carbonyl (C=O) groups excluding carboxylic acids is 2. The fourth-order valence-corrected chi connectivity index (χ4v) is 4.28. The zero-order valence-electron chi connectivity index (χ0n) is 19.7. The highest BCUT2D eigenvalue weighted by molar-refractivity contribution is 5.98. The second-order valence-corrected chi connectivity index (χ2v) is 8.80. The molecule has 1 saturated heterocycles. The Bertz CT molecular complexity index is 1040. The van der Waals surface area contributed by atoms with Crippen molar-refractivity contribution in [2.24, 2.45) is 13.0 Å². The average molecular weight is 482 g/mol. The van der Waals surface area contributed by atoms with Gasteiger partial charge in [-0.25, -0.2) is 9.97 Å². The minimum Gasteiger partial charge on any atom is -0.383 e. The van der Waals surface area contributed by atoms with E-state index in [1.54, 1.807) is 36.7 Å². The van der Waals surface area contributed by atoms with Crippen LogP contribution in [0.1, 0.15) is 59.3 Å². The molecule has 2 amide bonds. The van der Waals surface area contributed by atoms with Crippen LogP contribution >= 0.6 is 0 Å². The van der Waals surface area contributed by atoms with Crippen molar-refractivity contribution in [3.8, 4) is 0 Å². The predicted molar refractivity (Wildman–Crippen MR) is 119 cm³/mol. The summed E-state index contributed by atoms with van der Waals surface area (Å²) in [6, 6.07) is -0.671. The number of halogens is 3. The van der Waals surface area contributed by atoms with E-state index in [2.05, 4.69) is 20.4 Å². The number of aromatic nitrogens is 4. The SMILES string of the molecule is Cc1nn(C)cc1C(=O)NC(C)C(=O)N1CCC(CCc2c(C)nc(C(F)(F)F)nc2N)CC1. The molecular weight excluding hydrogens is 451 g/mol. The van der Waals surface area contributed by atoms with Gasteiger partial charge in [0.25, 0.3) is 5.91 Å². The Morgan fingerprint density at radius 1 is 1.21 bits per heavy atom. The third-order valence-electron chi connectivity index (χ3n) is 6.20. The van der Waals surface area contributed by atoms with Crippen molar-refractivity contribution >= 4 is 17.6 Å². The number of nitrogens with zero attached hydrogens (tertiary/aromatic N) is 5. The summed E-state index contributed by atoms with van der Waals surface area (Å²) >= 11 is 0. The molecule has 0 saturated carbocycles. The van der Waals surface area contributed by atoms with Gasteiger partial charge in [0, 0.05) is 37.6 Å². The normalized spacial score (nSPS) is 15.9. The molecule has 12 heteroatoms. The molecule has 0 spiro atoms. The maximum atomic E-state index is 12.9. The van der Waals surface area contributed by atoms with Gasteiger partial charge >= 0.3 is 6.18 Å². The number of anilines is 1. The van der Waals surface area contributed by atoms with E-state index in [1.807, 2.05) is 0 Å². The lowest BCUT2D eigenvalue weighted by Crippen LogP contribution is -2.49. The molecule has 9 nitrogen and oxygen atoms in total. The van der Waals surface area contributed by atoms with Crippen LogP contribution < -0.4 is 11.1 Å². The number of piperidine rings is 1. The third-order valence-corrected chi connectivity index (χ3v) is 6.20. The highest BCUT2D eigenvalue weighted by Gasteiger charge is 2.36. The van der Waals surface area contributed by atoms with Crippen LogP contribution in [0.15, 0.2) is 6.20 Å². The van der Waals surface area contributed by atoms with Crippen molar-refractivity contribution in [2.45, 2.75) is 58.7 Å². The highest BCUT2D eigenvalue weighted by atomic mass is 19.4. The van der Waals surface area contributed by atoms with E-state index >= 15 is 0 Å². The van der Waals surface area contributed by atoms with Crippen molar-refractivity contribution < 1.29 is 22.8 Å². The summed E-state index contributed by atoms with van der Waals surface area (Å²) in [5, 5.41) is 6.88. The number of nitrogens with one attached hydrogen (secondary N) is 1. The summed E-state index contributed by atoms with van der Waals surface area (Å²) in [5.74, 6) is -1.55. The Kier molecular flexibility index (Phi) is 7.47. The first-order chi connectivity index (χ1) is 15.9. The molecule has 3 N–H and O–H groups in total. The zero-order valence-corrected chi connectivity index (χ0v) is 19.7. The fraction of sp³-hybridized carbons (Fsp3) is 0.591. The second-order valence-electron chi connectivity index (χ2n) is 8.80. The van der Waals surface area contributed by atoms with E-state index in [0.717, 1.165) is 12.8 Å². The summed E-state index contributed by atoms with van der Waals surface area (Å²) in [4.78, 5) is 34.0. The molecule has 1 atom stereocenters. The Labute approximate surface area is 195 Å². The molecule has 1 aliphatic rings. The van der Waals surface area contributed by atoms with Crippen LogP contribution in [0.2, 0.25) is 0 Å². The Morgan fingerprint density at radius 3 is 2.38 bits per heavy atom. The number of hydrogen-bond donors (Lipinski definition) is 2. The molecular formula is C22H30F3N7O2. The van der Waals surface area contributed by atoms with E-state index in [1.165, 1.54) is 6.92 Å². The summed E-state index contributed by atoms with van der Waals surface area (Å²) in [5.41, 5.74) is 7.58. The summed E-state index contributed by atoms with van der Waals surface area (Å²) in [6.07, 6.45) is -0.309. The van der Waals surface area contributed by atoms with Gasteiger partial charge in [0.2, 0.25) is 11.7 Å². The number of hydrogen-bond acceptors (Lipinski definition) is 6. The van der Waals surface area contributed by atoms with Crippen molar-refractivity contribution in [3.63, 3.8) is 0 Å². The number of aryl methyl sites for hydroxylation is 3. The maximum Gasteiger partial charge on any atom is 0.451 e. The van der Waals surface area contributed by atoms with E-state index < -0.39 is 18.0 Å². The number of likely N-dealkylation sites (tertiary alicyclic amines) is 1.